The summed E-state index contributed by atoms with van der Waals surface area (Å²) >= 11 is 4.60. The molecule has 1 saturated carbocycles. The van der Waals surface area contributed by atoms with Gasteiger partial charge in [0.05, 0.1) is 10.8 Å². The summed E-state index contributed by atoms with van der Waals surface area (Å²) in [5, 5.41) is 3.05. The maximum atomic E-state index is 12.8. The first-order valence-electron chi connectivity index (χ1n) is 9.55. The van der Waals surface area contributed by atoms with Crippen LogP contribution in [0.5, 0.6) is 0 Å². The molecule has 0 aliphatic heterocycles. The zero-order chi connectivity index (χ0) is 18.9. The predicted octanol–water partition coefficient (Wildman–Crippen LogP) is 5.43. The number of hydrogen-bond donors (Lipinski definition) is 2. The minimum Gasteiger partial charge on any atom is -0.345 e. The van der Waals surface area contributed by atoms with Crippen molar-refractivity contribution in [3.05, 3.63) is 0 Å². The van der Waals surface area contributed by atoms with Gasteiger partial charge in [-0.1, -0.05) is 80.9 Å². The van der Waals surface area contributed by atoms with Gasteiger partial charge in [-0.05, 0) is 29.1 Å². The molecule has 4 heteroatoms. The number of carbonyl (C=O) groups is 1. The number of amides is 1. The summed E-state index contributed by atoms with van der Waals surface area (Å²) in [7, 11) is 2.30. The van der Waals surface area contributed by atoms with E-state index < -0.39 is 0 Å². The molecule has 0 heterocycles. The van der Waals surface area contributed by atoms with Crippen LogP contribution >= 0.6 is 12.6 Å². The molecule has 5 atom stereocenters. The molecule has 0 bridgehead atoms. The Balaban J connectivity index is 2.48. The van der Waals surface area contributed by atoms with E-state index in [-0.39, 0.29) is 22.1 Å². The summed E-state index contributed by atoms with van der Waals surface area (Å²) in [4.78, 5) is 12.8. The fourth-order valence-electron chi connectivity index (χ4n) is 4.46. The van der Waals surface area contributed by atoms with E-state index in [1.54, 1.807) is 0 Å². The Bertz CT molecular complexity index is 447. The van der Waals surface area contributed by atoms with Gasteiger partial charge >= 0.3 is 0 Å². The molecule has 139 valence electrons. The summed E-state index contributed by atoms with van der Waals surface area (Å²) in [6.45, 7) is 20.2. The van der Waals surface area contributed by atoms with Gasteiger partial charge in [0.2, 0.25) is 5.91 Å². The van der Waals surface area contributed by atoms with E-state index in [0.29, 0.717) is 23.1 Å². The Labute approximate surface area is 157 Å². The Kier molecular flexibility index (Phi) is 6.98. The number of thiol groups is 1. The number of nitrogens with one attached hydrogen (secondary N) is 1. The normalized spacial score (nSPS) is 32.9. The van der Waals surface area contributed by atoms with Crippen LogP contribution < -0.4 is 5.32 Å². The van der Waals surface area contributed by atoms with Crippen LogP contribution in [-0.4, -0.2) is 18.6 Å². The van der Waals surface area contributed by atoms with Gasteiger partial charge in [0.15, 0.2) is 0 Å². The molecule has 1 N–H and O–H groups in total. The molecular weight excluding hydrogens is 313 g/mol. The first-order chi connectivity index (χ1) is 10.7. The molecule has 1 fully saturated rings. The van der Waals surface area contributed by atoms with Gasteiger partial charge < -0.3 is 5.32 Å². The molecule has 5 unspecified atom stereocenters. The highest BCUT2D eigenvalue weighted by molar-refractivity contribution is 7.81. The first kappa shape index (κ1) is 21.9. The zero-order valence-electron chi connectivity index (χ0n) is 17.4. The van der Waals surface area contributed by atoms with Crippen LogP contribution in [0.4, 0.5) is 0 Å². The van der Waals surface area contributed by atoms with Crippen molar-refractivity contribution in [1.82, 2.24) is 5.32 Å². The highest BCUT2D eigenvalue weighted by Crippen LogP contribution is 2.62. The fraction of sp³-hybridized carbons (Fsp3) is 0.950. The van der Waals surface area contributed by atoms with Crippen molar-refractivity contribution in [1.29, 1.82) is 0 Å². The van der Waals surface area contributed by atoms with E-state index in [2.05, 4.69) is 87.5 Å². The summed E-state index contributed by atoms with van der Waals surface area (Å²) < 4.78 is 0. The molecule has 24 heavy (non-hydrogen) atoms. The maximum absolute atomic E-state index is 12.8. The first-order valence-corrected chi connectivity index (χ1v) is 10.1. The smallest absolute Gasteiger partial charge is 0.227 e. The quantitative estimate of drug-likeness (QED) is 0.357. The van der Waals surface area contributed by atoms with E-state index in [1.165, 1.54) is 0 Å². The molecule has 1 radical (unpaired) electrons. The molecular formula is C20H39BNOS. The van der Waals surface area contributed by atoms with Gasteiger partial charge in [0, 0.05) is 0 Å². The molecule has 1 amide bonds. The summed E-state index contributed by atoms with van der Waals surface area (Å²) in [5.74, 6) is 1.71. The second-order valence-corrected chi connectivity index (χ2v) is 10.8. The van der Waals surface area contributed by atoms with E-state index in [4.69, 9.17) is 0 Å². The molecule has 2 nitrogen and oxygen atoms in total. The molecule has 1 aliphatic carbocycles. The van der Waals surface area contributed by atoms with Crippen LogP contribution in [0, 0.1) is 28.1 Å². The minimum atomic E-state index is -0.253. The lowest BCUT2D eigenvalue weighted by Crippen LogP contribution is -2.61. The van der Waals surface area contributed by atoms with Gasteiger partial charge in [0.1, 0.15) is 7.28 Å². The second kappa shape index (κ2) is 7.64. The van der Waals surface area contributed by atoms with Gasteiger partial charge in [-0.15, -0.1) is 0 Å². The second-order valence-electron chi connectivity index (χ2n) is 10.2. The van der Waals surface area contributed by atoms with Gasteiger partial charge in [-0.3, -0.25) is 4.79 Å². The highest BCUT2D eigenvalue weighted by Gasteiger charge is 2.60. The maximum Gasteiger partial charge on any atom is 0.227 e. The Morgan fingerprint density at radius 2 is 1.83 bits per heavy atom. The lowest BCUT2D eigenvalue weighted by atomic mass is 9.43. The van der Waals surface area contributed by atoms with Crippen LogP contribution in [-0.2, 0) is 4.79 Å². The number of carbonyl (C=O) groups excluding carboxylic acids is 1. The summed E-state index contributed by atoms with van der Waals surface area (Å²) in [6, 6.07) is 0. The van der Waals surface area contributed by atoms with Crippen molar-refractivity contribution in [3.63, 3.8) is 0 Å². The highest BCUT2D eigenvalue weighted by atomic mass is 32.1. The van der Waals surface area contributed by atoms with Crippen LogP contribution in [0.15, 0.2) is 0 Å². The molecule has 0 saturated heterocycles. The Morgan fingerprint density at radius 3 is 2.25 bits per heavy atom. The van der Waals surface area contributed by atoms with E-state index >= 15 is 0 Å². The van der Waals surface area contributed by atoms with E-state index in [1.807, 2.05) is 0 Å². The monoisotopic (exact) mass is 352 g/mol. The molecule has 0 spiro atoms. The van der Waals surface area contributed by atoms with Crippen LogP contribution in [0.2, 0.25) is 12.1 Å². The van der Waals surface area contributed by atoms with Crippen LogP contribution in [0.25, 0.3) is 0 Å². The molecule has 1 aliphatic rings. The third-order valence-electron chi connectivity index (χ3n) is 6.52. The molecule has 0 aromatic heterocycles. The van der Waals surface area contributed by atoms with Gasteiger partial charge in [-0.2, -0.15) is 12.6 Å². The molecule has 0 aromatic carbocycles. The number of hydrogen-bond acceptors (Lipinski definition) is 2. The minimum absolute atomic E-state index is 0.0881. The zero-order valence-corrected chi connectivity index (χ0v) is 18.3. The molecule has 1 rings (SSSR count). The standard InChI is InChI=1S/C20H39BNOS/c1-13(2)19(8)12-20(9,15(19)4)17(23)22-16(24)11-21-14(3)10-18(5,6)7/h13-16,24H,10-12H2,1-9H3,(H,22,23). The van der Waals surface area contributed by atoms with Crippen molar-refractivity contribution in [2.24, 2.45) is 28.1 Å². The largest absolute Gasteiger partial charge is 0.345 e. The predicted molar refractivity (Wildman–Crippen MR) is 110 cm³/mol. The van der Waals surface area contributed by atoms with Crippen LogP contribution in [0.3, 0.4) is 0 Å². The van der Waals surface area contributed by atoms with Crippen LogP contribution in [0.1, 0.15) is 75.2 Å². The van der Waals surface area contributed by atoms with Gasteiger partial charge in [-0.25, -0.2) is 0 Å². The van der Waals surface area contributed by atoms with Crippen molar-refractivity contribution in [2.45, 2.75) is 92.7 Å². The van der Waals surface area contributed by atoms with E-state index in [0.717, 1.165) is 19.2 Å². The summed E-state index contributed by atoms with van der Waals surface area (Å²) in [6.07, 6.45) is 2.94. The Hall–Kier alpha value is -0.115. The SMILES string of the molecule is CC([B]CC(S)NC(=O)C1(C)CC(C)(C(C)C)C1C)CC(C)(C)C. The van der Waals surface area contributed by atoms with Crippen molar-refractivity contribution in [3.8, 4) is 0 Å². The van der Waals surface area contributed by atoms with Gasteiger partial charge in [0.25, 0.3) is 0 Å². The van der Waals surface area contributed by atoms with Crippen molar-refractivity contribution >= 4 is 25.8 Å². The average Bonchev–Trinajstić information content (AvgIpc) is 2.42. The lowest BCUT2D eigenvalue weighted by Gasteiger charge is -2.60. The average molecular weight is 352 g/mol. The molecule has 0 aromatic rings. The third-order valence-corrected chi connectivity index (χ3v) is 6.86. The van der Waals surface area contributed by atoms with Crippen molar-refractivity contribution in [2.75, 3.05) is 0 Å². The van der Waals surface area contributed by atoms with E-state index in [9.17, 15) is 4.79 Å². The fourth-order valence-corrected chi connectivity index (χ4v) is 4.70. The summed E-state index contributed by atoms with van der Waals surface area (Å²) in [5.41, 5.74) is 0.351. The third kappa shape index (κ3) is 4.96. The van der Waals surface area contributed by atoms with Crippen molar-refractivity contribution < 1.29 is 4.79 Å². The number of rotatable bonds is 7. The lowest BCUT2D eigenvalue weighted by molar-refractivity contribution is -0.165. The Morgan fingerprint density at radius 1 is 1.29 bits per heavy atom. The topological polar surface area (TPSA) is 29.1 Å².